The third-order valence-electron chi connectivity index (χ3n) is 2.06. The molecule has 0 radical (unpaired) electrons. The lowest BCUT2D eigenvalue weighted by Crippen LogP contribution is -1.89. The number of nitrogen functional groups attached to an aromatic ring is 1. The highest BCUT2D eigenvalue weighted by atomic mass is 32.1. The summed E-state index contributed by atoms with van der Waals surface area (Å²) in [5, 5.41) is 11.5. The molecule has 0 aliphatic rings. The lowest BCUT2D eigenvalue weighted by Gasteiger charge is -1.97. The van der Waals surface area contributed by atoms with Crippen LogP contribution >= 0.6 is 11.3 Å². The normalized spacial score (nSPS) is 9.85. The number of aryl methyl sites for hydroxylation is 1. The summed E-state index contributed by atoms with van der Waals surface area (Å²) in [6.45, 7) is 2.17. The Morgan fingerprint density at radius 3 is 2.92 bits per heavy atom. The topological polar surface area (TPSA) is 49.8 Å². The Morgan fingerprint density at radius 2 is 2.31 bits per heavy atom. The van der Waals surface area contributed by atoms with E-state index < -0.39 is 0 Å². The molecule has 1 heterocycles. The van der Waals surface area contributed by atoms with Gasteiger partial charge in [0.15, 0.2) is 0 Å². The van der Waals surface area contributed by atoms with Gasteiger partial charge in [0.05, 0.1) is 5.56 Å². The van der Waals surface area contributed by atoms with Gasteiger partial charge in [-0.15, -0.1) is 11.3 Å². The molecule has 13 heavy (non-hydrogen) atoms. The molecule has 0 unspecified atom stereocenters. The minimum absolute atomic E-state index is 0.661. The number of anilines is 1. The average Bonchev–Trinajstić information content (AvgIpc) is 2.47. The van der Waals surface area contributed by atoms with Crippen molar-refractivity contribution < 1.29 is 0 Å². The van der Waals surface area contributed by atoms with E-state index >= 15 is 0 Å². The van der Waals surface area contributed by atoms with Crippen LogP contribution in [0, 0.1) is 11.3 Å². The maximum atomic E-state index is 8.82. The fourth-order valence-electron chi connectivity index (χ4n) is 1.29. The van der Waals surface area contributed by atoms with E-state index in [-0.39, 0.29) is 0 Å². The Kier molecular flexibility index (Phi) is 3.78. The first-order valence-corrected chi connectivity index (χ1v) is 5.43. The second-order valence-electron chi connectivity index (χ2n) is 3.07. The van der Waals surface area contributed by atoms with Gasteiger partial charge in [-0.3, -0.25) is 0 Å². The molecule has 3 heteroatoms. The van der Waals surface area contributed by atoms with Crippen LogP contribution in [0.15, 0.2) is 5.38 Å². The number of rotatable bonds is 4. The lowest BCUT2D eigenvalue weighted by atomic mass is 10.1. The number of unbranched alkanes of at least 4 members (excludes halogenated alkanes) is 2. The van der Waals surface area contributed by atoms with Crippen molar-refractivity contribution in [3.05, 3.63) is 16.5 Å². The predicted molar refractivity (Wildman–Crippen MR) is 56.7 cm³/mol. The first-order valence-electron chi connectivity index (χ1n) is 4.55. The van der Waals surface area contributed by atoms with Crippen LogP contribution in [-0.2, 0) is 6.42 Å². The minimum Gasteiger partial charge on any atom is -0.389 e. The van der Waals surface area contributed by atoms with Gasteiger partial charge < -0.3 is 5.73 Å². The van der Waals surface area contributed by atoms with Gasteiger partial charge in [0.2, 0.25) is 0 Å². The average molecular weight is 194 g/mol. The van der Waals surface area contributed by atoms with Gasteiger partial charge in [-0.1, -0.05) is 19.8 Å². The molecule has 0 aromatic carbocycles. The maximum absolute atomic E-state index is 8.82. The molecule has 2 N–H and O–H groups in total. The van der Waals surface area contributed by atoms with Crippen molar-refractivity contribution in [3.8, 4) is 6.07 Å². The molecule has 70 valence electrons. The minimum atomic E-state index is 0.661. The highest BCUT2D eigenvalue weighted by Crippen LogP contribution is 2.25. The Bertz CT molecular complexity index is 309. The number of thiophene rings is 1. The summed E-state index contributed by atoms with van der Waals surface area (Å²) >= 11 is 1.47. The van der Waals surface area contributed by atoms with E-state index in [9.17, 15) is 0 Å². The lowest BCUT2D eigenvalue weighted by molar-refractivity contribution is 0.718. The first-order chi connectivity index (χ1) is 6.29. The van der Waals surface area contributed by atoms with Crippen molar-refractivity contribution in [1.82, 2.24) is 0 Å². The summed E-state index contributed by atoms with van der Waals surface area (Å²) in [7, 11) is 0. The SMILES string of the molecule is CCCCCc1csc(N)c1C#N. The van der Waals surface area contributed by atoms with Gasteiger partial charge in [-0.2, -0.15) is 5.26 Å². The molecule has 0 atom stereocenters. The van der Waals surface area contributed by atoms with Crippen LogP contribution in [0.1, 0.15) is 37.3 Å². The van der Waals surface area contributed by atoms with Crippen molar-refractivity contribution in [2.75, 3.05) is 5.73 Å². The number of hydrogen-bond donors (Lipinski definition) is 1. The third-order valence-corrected chi connectivity index (χ3v) is 2.92. The van der Waals surface area contributed by atoms with Crippen LogP contribution in [0.3, 0.4) is 0 Å². The first kappa shape index (κ1) is 10.1. The molecule has 0 fully saturated rings. The standard InChI is InChI=1S/C10H14N2S/c1-2-3-4-5-8-7-13-10(12)9(8)6-11/h7H,2-5,12H2,1H3. The van der Waals surface area contributed by atoms with E-state index in [1.165, 1.54) is 24.2 Å². The largest absolute Gasteiger partial charge is 0.389 e. The van der Waals surface area contributed by atoms with Crippen LogP contribution in [0.4, 0.5) is 5.00 Å². The van der Waals surface area contributed by atoms with Crippen LogP contribution in [0.5, 0.6) is 0 Å². The fraction of sp³-hybridized carbons (Fsp3) is 0.500. The van der Waals surface area contributed by atoms with Crippen molar-refractivity contribution in [3.63, 3.8) is 0 Å². The monoisotopic (exact) mass is 194 g/mol. The fourth-order valence-corrected chi connectivity index (χ4v) is 2.09. The zero-order valence-electron chi connectivity index (χ0n) is 7.84. The summed E-state index contributed by atoms with van der Waals surface area (Å²) < 4.78 is 0. The van der Waals surface area contributed by atoms with Gasteiger partial charge in [-0.25, -0.2) is 0 Å². The van der Waals surface area contributed by atoms with Gasteiger partial charge in [0, 0.05) is 0 Å². The Labute approximate surface area is 83.0 Å². The Balaban J connectivity index is 2.62. The Morgan fingerprint density at radius 1 is 1.54 bits per heavy atom. The molecule has 0 saturated heterocycles. The second kappa shape index (κ2) is 4.88. The zero-order valence-corrected chi connectivity index (χ0v) is 8.66. The van der Waals surface area contributed by atoms with Gasteiger partial charge in [-0.05, 0) is 23.8 Å². The van der Waals surface area contributed by atoms with E-state index in [4.69, 9.17) is 11.0 Å². The maximum Gasteiger partial charge on any atom is 0.104 e. The quantitative estimate of drug-likeness (QED) is 0.749. The smallest absolute Gasteiger partial charge is 0.104 e. The van der Waals surface area contributed by atoms with Crippen LogP contribution in [0.25, 0.3) is 0 Å². The molecule has 0 saturated carbocycles. The van der Waals surface area contributed by atoms with Crippen molar-refractivity contribution in [2.24, 2.45) is 0 Å². The van der Waals surface area contributed by atoms with Crippen LogP contribution in [-0.4, -0.2) is 0 Å². The molecular weight excluding hydrogens is 180 g/mol. The zero-order chi connectivity index (χ0) is 9.68. The second-order valence-corrected chi connectivity index (χ2v) is 3.98. The summed E-state index contributed by atoms with van der Waals surface area (Å²) in [6, 6.07) is 2.16. The molecular formula is C10H14N2S. The molecule has 0 amide bonds. The third kappa shape index (κ3) is 2.46. The summed E-state index contributed by atoms with van der Waals surface area (Å²) in [4.78, 5) is 0. The molecule has 0 aliphatic heterocycles. The highest BCUT2D eigenvalue weighted by Gasteiger charge is 2.07. The molecule has 1 rings (SSSR count). The van der Waals surface area contributed by atoms with Crippen molar-refractivity contribution in [1.29, 1.82) is 5.26 Å². The van der Waals surface area contributed by atoms with Gasteiger partial charge in [0.1, 0.15) is 11.1 Å². The molecule has 1 aromatic heterocycles. The molecule has 0 bridgehead atoms. The van der Waals surface area contributed by atoms with Gasteiger partial charge in [0.25, 0.3) is 0 Å². The number of nitrogens with zero attached hydrogens (tertiary/aromatic N) is 1. The Hall–Kier alpha value is -1.01. The highest BCUT2D eigenvalue weighted by molar-refractivity contribution is 7.14. The van der Waals surface area contributed by atoms with Crippen LogP contribution in [0.2, 0.25) is 0 Å². The van der Waals surface area contributed by atoms with Crippen molar-refractivity contribution >= 4 is 16.3 Å². The predicted octanol–water partition coefficient (Wildman–Crippen LogP) is 2.93. The molecule has 2 nitrogen and oxygen atoms in total. The summed E-state index contributed by atoms with van der Waals surface area (Å²) in [5.41, 5.74) is 7.47. The van der Waals surface area contributed by atoms with E-state index in [1.54, 1.807) is 0 Å². The van der Waals surface area contributed by atoms with Gasteiger partial charge >= 0.3 is 0 Å². The number of hydrogen-bond acceptors (Lipinski definition) is 3. The van der Waals surface area contributed by atoms with E-state index in [2.05, 4.69) is 13.0 Å². The summed E-state index contributed by atoms with van der Waals surface area (Å²) in [5.74, 6) is 0. The van der Waals surface area contributed by atoms with E-state index in [0.717, 1.165) is 18.4 Å². The van der Waals surface area contributed by atoms with E-state index in [1.807, 2.05) is 5.38 Å². The molecule has 0 spiro atoms. The summed E-state index contributed by atoms with van der Waals surface area (Å²) in [6.07, 6.45) is 4.58. The number of nitrogens with two attached hydrogens (primary N) is 1. The number of nitriles is 1. The molecule has 0 aliphatic carbocycles. The van der Waals surface area contributed by atoms with E-state index in [0.29, 0.717) is 10.6 Å². The van der Waals surface area contributed by atoms with Crippen molar-refractivity contribution in [2.45, 2.75) is 32.6 Å². The molecule has 1 aromatic rings. The van der Waals surface area contributed by atoms with Crippen LogP contribution < -0.4 is 5.73 Å².